The van der Waals surface area contributed by atoms with Crippen molar-refractivity contribution in [2.45, 2.75) is 53.3 Å². The second kappa shape index (κ2) is 10.4. The van der Waals surface area contributed by atoms with E-state index in [0.29, 0.717) is 42.9 Å². The van der Waals surface area contributed by atoms with Crippen molar-refractivity contribution in [1.82, 2.24) is 19.6 Å². The highest BCUT2D eigenvalue weighted by molar-refractivity contribution is 5.89. The smallest absolute Gasteiger partial charge is 0.356 e. The number of rotatable bonds is 8. The molecule has 2 aromatic heterocycles. The molecule has 0 saturated heterocycles. The number of nitrogens with zero attached hydrogens (tertiary/aromatic N) is 4. The molecule has 0 aliphatic heterocycles. The molecule has 3 rings (SSSR count). The quantitative estimate of drug-likeness (QED) is 0.330. The van der Waals surface area contributed by atoms with E-state index in [-0.39, 0.29) is 12.3 Å². The van der Waals surface area contributed by atoms with Crippen LogP contribution < -0.4 is 0 Å². The summed E-state index contributed by atoms with van der Waals surface area (Å²) in [5.41, 5.74) is 3.21. The first kappa shape index (κ1) is 22.8. The molecule has 8 nitrogen and oxygen atoms in total. The number of hydrogen-bond acceptors (Lipinski definition) is 5. The molecule has 2 heterocycles. The minimum Gasteiger partial charge on any atom is -0.476 e. The number of ether oxygens (including phenoxy) is 1. The number of esters is 1. The van der Waals surface area contributed by atoms with Gasteiger partial charge in [-0.2, -0.15) is 10.2 Å². The van der Waals surface area contributed by atoms with Gasteiger partial charge in [0.25, 0.3) is 0 Å². The Bertz CT molecular complexity index is 1170. The van der Waals surface area contributed by atoms with E-state index in [2.05, 4.69) is 22.0 Å². The van der Waals surface area contributed by atoms with Gasteiger partial charge in [-0.3, -0.25) is 9.36 Å². The summed E-state index contributed by atoms with van der Waals surface area (Å²) < 4.78 is 8.50. The molecule has 0 radical (unpaired) electrons. The predicted molar refractivity (Wildman–Crippen MR) is 118 cm³/mol. The van der Waals surface area contributed by atoms with Gasteiger partial charge in [0.1, 0.15) is 12.3 Å². The normalized spacial score (nSPS) is 10.5. The number of hydrogen-bond donors (Lipinski definition) is 1. The maximum Gasteiger partial charge on any atom is 0.356 e. The van der Waals surface area contributed by atoms with Gasteiger partial charge in [-0.1, -0.05) is 42.2 Å². The minimum atomic E-state index is -1.04. The number of aromatic nitrogens is 4. The second-order valence-corrected chi connectivity index (χ2v) is 7.29. The van der Waals surface area contributed by atoms with E-state index in [1.807, 2.05) is 44.2 Å². The first-order chi connectivity index (χ1) is 15.4. The molecule has 0 unspecified atom stereocenters. The molecule has 0 fully saturated rings. The fraction of sp³-hybridized carbons (Fsp3) is 0.333. The summed E-state index contributed by atoms with van der Waals surface area (Å²) in [7, 11) is 0. The van der Waals surface area contributed by atoms with Crippen molar-refractivity contribution >= 4 is 11.9 Å². The number of unbranched alkanes of at least 4 members (excludes halogenated alkanes) is 1. The summed E-state index contributed by atoms with van der Waals surface area (Å²) >= 11 is 0. The molecular formula is C24H26N4O4. The maximum atomic E-state index is 12.5. The molecule has 0 spiro atoms. The van der Waals surface area contributed by atoms with E-state index in [4.69, 9.17) is 4.74 Å². The fourth-order valence-corrected chi connectivity index (χ4v) is 3.32. The minimum absolute atomic E-state index is 0.114. The fourth-order valence-electron chi connectivity index (χ4n) is 3.32. The molecular weight excluding hydrogens is 408 g/mol. The molecule has 0 aliphatic rings. The first-order valence-corrected chi connectivity index (χ1v) is 10.5. The van der Waals surface area contributed by atoms with Crippen LogP contribution in [0.25, 0.3) is 0 Å². The van der Waals surface area contributed by atoms with Crippen molar-refractivity contribution in [3.63, 3.8) is 0 Å². The van der Waals surface area contributed by atoms with Gasteiger partial charge in [-0.25, -0.2) is 9.59 Å². The molecule has 1 N–H and O–H groups in total. The third-order valence-corrected chi connectivity index (χ3v) is 4.84. The summed E-state index contributed by atoms with van der Waals surface area (Å²) in [6, 6.07) is 11.2. The van der Waals surface area contributed by atoms with E-state index in [0.717, 1.165) is 11.3 Å². The lowest BCUT2D eigenvalue weighted by Crippen LogP contribution is -2.13. The van der Waals surface area contributed by atoms with E-state index in [1.165, 1.54) is 4.68 Å². The number of aromatic carboxylic acids is 1. The zero-order valence-electron chi connectivity index (χ0n) is 18.5. The molecule has 0 bridgehead atoms. The lowest BCUT2D eigenvalue weighted by Gasteiger charge is -2.07. The zero-order chi connectivity index (χ0) is 23.1. The average molecular weight is 434 g/mol. The van der Waals surface area contributed by atoms with Crippen LogP contribution in [0.5, 0.6) is 0 Å². The highest BCUT2D eigenvalue weighted by Crippen LogP contribution is 2.14. The third-order valence-electron chi connectivity index (χ3n) is 4.84. The van der Waals surface area contributed by atoms with Crippen LogP contribution in [-0.4, -0.2) is 36.6 Å². The van der Waals surface area contributed by atoms with Crippen LogP contribution in [0, 0.1) is 25.7 Å². The molecule has 0 atom stereocenters. The van der Waals surface area contributed by atoms with E-state index >= 15 is 0 Å². The van der Waals surface area contributed by atoms with E-state index in [9.17, 15) is 14.7 Å². The average Bonchev–Trinajstić information content (AvgIpc) is 3.31. The Morgan fingerprint density at radius 1 is 1.12 bits per heavy atom. The van der Waals surface area contributed by atoms with Crippen molar-refractivity contribution in [2.75, 3.05) is 0 Å². The van der Waals surface area contributed by atoms with Crippen LogP contribution in [0.15, 0.2) is 36.4 Å². The second-order valence-electron chi connectivity index (χ2n) is 7.29. The van der Waals surface area contributed by atoms with E-state index < -0.39 is 11.9 Å². The zero-order valence-corrected chi connectivity index (χ0v) is 18.5. The molecule has 3 aromatic rings. The number of carboxylic acids is 1. The van der Waals surface area contributed by atoms with Crippen LogP contribution in [0.2, 0.25) is 0 Å². The SMILES string of the molecule is CCn1nc(C)c(C#CCCCn2nc(C)cc2C(=O)OCc2ccccc2)c1C(=O)O. The van der Waals surface area contributed by atoms with Crippen LogP contribution in [0.3, 0.4) is 0 Å². The highest BCUT2D eigenvalue weighted by atomic mass is 16.5. The summed E-state index contributed by atoms with van der Waals surface area (Å²) in [5, 5.41) is 18.1. The number of aryl methyl sites for hydroxylation is 4. The number of carboxylic acid groups (broad SMARTS) is 1. The molecule has 0 saturated carbocycles. The van der Waals surface area contributed by atoms with Gasteiger partial charge in [-0.05, 0) is 38.8 Å². The standard InChI is InChI=1S/C24H26N4O4/c1-4-27-22(23(29)30)20(18(3)26-27)13-9-6-10-14-28-21(15-17(2)25-28)24(31)32-16-19-11-7-5-8-12-19/h5,7-8,11-12,15H,4,6,10,14,16H2,1-3H3,(H,29,30). The third kappa shape index (κ3) is 5.43. The molecule has 32 heavy (non-hydrogen) atoms. The topological polar surface area (TPSA) is 99.2 Å². The Labute approximate surface area is 186 Å². The van der Waals surface area contributed by atoms with Crippen LogP contribution in [0.1, 0.15) is 63.3 Å². The molecule has 0 aliphatic carbocycles. The Kier molecular flexibility index (Phi) is 7.45. The Morgan fingerprint density at radius 2 is 1.88 bits per heavy atom. The van der Waals surface area contributed by atoms with Gasteiger partial charge in [0.2, 0.25) is 0 Å². The van der Waals surface area contributed by atoms with Gasteiger partial charge in [0.05, 0.1) is 17.0 Å². The van der Waals surface area contributed by atoms with Crippen molar-refractivity contribution in [1.29, 1.82) is 0 Å². The lowest BCUT2D eigenvalue weighted by molar-refractivity contribution is 0.0457. The van der Waals surface area contributed by atoms with Crippen molar-refractivity contribution in [3.05, 3.63) is 70.3 Å². The number of benzene rings is 1. The Hall–Kier alpha value is -3.86. The van der Waals surface area contributed by atoms with Gasteiger partial charge < -0.3 is 9.84 Å². The van der Waals surface area contributed by atoms with Gasteiger partial charge in [0.15, 0.2) is 5.69 Å². The molecule has 166 valence electrons. The Morgan fingerprint density at radius 3 is 2.56 bits per heavy atom. The van der Waals surface area contributed by atoms with Crippen molar-refractivity contribution in [2.24, 2.45) is 0 Å². The summed E-state index contributed by atoms with van der Waals surface area (Å²) in [5.74, 6) is 4.51. The van der Waals surface area contributed by atoms with E-state index in [1.54, 1.807) is 17.7 Å². The van der Waals surface area contributed by atoms with Gasteiger partial charge >= 0.3 is 11.9 Å². The predicted octanol–water partition coefficient (Wildman–Crippen LogP) is 3.60. The summed E-state index contributed by atoms with van der Waals surface area (Å²) in [4.78, 5) is 24.1. The first-order valence-electron chi connectivity index (χ1n) is 10.5. The summed E-state index contributed by atoms with van der Waals surface area (Å²) in [6.07, 6.45) is 1.17. The van der Waals surface area contributed by atoms with Crippen LogP contribution >= 0.6 is 0 Å². The lowest BCUT2D eigenvalue weighted by atomic mass is 10.2. The van der Waals surface area contributed by atoms with Crippen LogP contribution in [-0.2, 0) is 24.4 Å². The van der Waals surface area contributed by atoms with Crippen molar-refractivity contribution < 1.29 is 19.4 Å². The monoisotopic (exact) mass is 434 g/mol. The van der Waals surface area contributed by atoms with Gasteiger partial charge in [-0.15, -0.1) is 0 Å². The molecule has 8 heteroatoms. The highest BCUT2D eigenvalue weighted by Gasteiger charge is 2.19. The largest absolute Gasteiger partial charge is 0.476 e. The number of carbonyl (C=O) groups is 2. The van der Waals surface area contributed by atoms with Crippen LogP contribution in [0.4, 0.5) is 0 Å². The van der Waals surface area contributed by atoms with Gasteiger partial charge in [0, 0.05) is 19.5 Å². The summed E-state index contributed by atoms with van der Waals surface area (Å²) in [6.45, 7) is 6.58. The van der Waals surface area contributed by atoms with Crippen molar-refractivity contribution in [3.8, 4) is 11.8 Å². The Balaban J connectivity index is 1.61. The number of carbonyl (C=O) groups excluding carboxylic acids is 1. The molecule has 1 aromatic carbocycles. The molecule has 0 amide bonds. The maximum absolute atomic E-state index is 12.5.